The van der Waals surface area contributed by atoms with Crippen LogP contribution in [0.4, 0.5) is 10.1 Å². The van der Waals surface area contributed by atoms with E-state index in [1.54, 1.807) is 0 Å². The lowest BCUT2D eigenvalue weighted by Gasteiger charge is -2.32. The molecular weight excluding hydrogens is 305 g/mol. The van der Waals surface area contributed by atoms with Crippen molar-refractivity contribution in [2.45, 2.75) is 24.3 Å². The highest BCUT2D eigenvalue weighted by Gasteiger charge is 2.26. The number of rotatable bonds is 5. The minimum absolute atomic E-state index is 0.0867. The zero-order chi connectivity index (χ0) is 15.7. The molecule has 0 fully saturated rings. The molecule has 0 aliphatic carbocycles. The summed E-state index contributed by atoms with van der Waals surface area (Å²) >= 11 is 5.61. The summed E-state index contributed by atoms with van der Waals surface area (Å²) in [5, 5.41) is -0.322. The zero-order valence-corrected chi connectivity index (χ0v) is 13.4. The Hall–Kier alpha value is -0.890. The van der Waals surface area contributed by atoms with Crippen molar-refractivity contribution in [1.82, 2.24) is 9.62 Å². The van der Waals surface area contributed by atoms with Crippen molar-refractivity contribution < 1.29 is 12.8 Å². The van der Waals surface area contributed by atoms with Crippen LogP contribution >= 0.6 is 11.6 Å². The molecule has 0 radical (unpaired) electrons. The summed E-state index contributed by atoms with van der Waals surface area (Å²) in [6.45, 7) is 3.84. The number of anilines is 1. The SMILES string of the molecule is CN(C)C(C)(C)CNS(=O)(=O)c1cc(N)cc(Cl)c1F. The molecule has 0 saturated heterocycles. The van der Waals surface area contributed by atoms with Crippen LogP contribution in [0.25, 0.3) is 0 Å². The van der Waals surface area contributed by atoms with E-state index < -0.39 is 26.3 Å². The lowest BCUT2D eigenvalue weighted by atomic mass is 10.1. The molecule has 0 aliphatic rings. The largest absolute Gasteiger partial charge is 0.399 e. The number of nitrogens with zero attached hydrogens (tertiary/aromatic N) is 1. The zero-order valence-electron chi connectivity index (χ0n) is 11.9. The van der Waals surface area contributed by atoms with Gasteiger partial charge in [0.1, 0.15) is 4.90 Å². The van der Waals surface area contributed by atoms with Crippen LogP contribution < -0.4 is 10.5 Å². The third kappa shape index (κ3) is 3.82. The molecular formula is C12H19ClFN3O2S. The monoisotopic (exact) mass is 323 g/mol. The Labute approximate surface area is 124 Å². The molecule has 0 aliphatic heterocycles. The van der Waals surface area contributed by atoms with Gasteiger partial charge in [0.2, 0.25) is 10.0 Å². The van der Waals surface area contributed by atoms with Crippen molar-refractivity contribution in [2.75, 3.05) is 26.4 Å². The molecule has 8 heteroatoms. The van der Waals surface area contributed by atoms with E-state index in [0.29, 0.717) is 0 Å². The van der Waals surface area contributed by atoms with E-state index in [1.807, 2.05) is 32.8 Å². The van der Waals surface area contributed by atoms with Crippen LogP contribution in [0.1, 0.15) is 13.8 Å². The smallest absolute Gasteiger partial charge is 0.243 e. The predicted molar refractivity (Wildman–Crippen MR) is 78.8 cm³/mol. The second-order valence-corrected chi connectivity index (χ2v) is 7.49. The molecule has 0 heterocycles. The molecule has 0 spiro atoms. The number of nitrogens with one attached hydrogen (secondary N) is 1. The predicted octanol–water partition coefficient (Wildman–Crippen LogP) is 1.68. The maximum Gasteiger partial charge on any atom is 0.243 e. The van der Waals surface area contributed by atoms with Crippen LogP contribution in [-0.4, -0.2) is 39.5 Å². The number of nitrogens with two attached hydrogens (primary N) is 1. The normalized spacial score (nSPS) is 12.9. The molecule has 1 aromatic carbocycles. The number of halogens is 2. The Kier molecular flexibility index (Phi) is 5.02. The van der Waals surface area contributed by atoms with Gasteiger partial charge in [-0.05, 0) is 40.1 Å². The van der Waals surface area contributed by atoms with Gasteiger partial charge in [-0.15, -0.1) is 0 Å². The second-order valence-electron chi connectivity index (χ2n) is 5.35. The maximum absolute atomic E-state index is 13.8. The van der Waals surface area contributed by atoms with E-state index in [2.05, 4.69) is 4.72 Å². The Balaban J connectivity index is 3.07. The molecule has 0 saturated carbocycles. The summed E-state index contributed by atoms with van der Waals surface area (Å²) in [5.41, 5.74) is 5.17. The molecule has 0 unspecified atom stereocenters. The van der Waals surface area contributed by atoms with Crippen molar-refractivity contribution in [3.05, 3.63) is 23.0 Å². The van der Waals surface area contributed by atoms with Crippen molar-refractivity contribution in [2.24, 2.45) is 0 Å². The number of hydrogen-bond donors (Lipinski definition) is 2. The van der Waals surface area contributed by atoms with Crippen LogP contribution in [-0.2, 0) is 10.0 Å². The van der Waals surface area contributed by atoms with Crippen molar-refractivity contribution in [1.29, 1.82) is 0 Å². The molecule has 1 aromatic rings. The summed E-state index contributed by atoms with van der Waals surface area (Å²) in [6, 6.07) is 2.21. The minimum atomic E-state index is -4.02. The number of sulfonamides is 1. The number of likely N-dealkylation sites (N-methyl/N-ethyl adjacent to an activating group) is 1. The van der Waals surface area contributed by atoms with Crippen LogP contribution in [0.3, 0.4) is 0 Å². The van der Waals surface area contributed by atoms with Gasteiger partial charge in [0, 0.05) is 17.8 Å². The molecule has 1 rings (SSSR count). The fourth-order valence-corrected chi connectivity index (χ4v) is 2.91. The lowest BCUT2D eigenvalue weighted by molar-refractivity contribution is 0.199. The van der Waals surface area contributed by atoms with Crippen LogP contribution in [0.15, 0.2) is 17.0 Å². The molecule has 0 aromatic heterocycles. The fraction of sp³-hybridized carbons (Fsp3) is 0.500. The number of hydrogen-bond acceptors (Lipinski definition) is 4. The van der Waals surface area contributed by atoms with Gasteiger partial charge < -0.3 is 10.6 Å². The van der Waals surface area contributed by atoms with E-state index in [-0.39, 0.29) is 17.3 Å². The van der Waals surface area contributed by atoms with Crippen molar-refractivity contribution >= 4 is 27.3 Å². The van der Waals surface area contributed by atoms with Gasteiger partial charge in [-0.3, -0.25) is 0 Å². The first-order valence-electron chi connectivity index (χ1n) is 5.89. The van der Waals surface area contributed by atoms with Gasteiger partial charge >= 0.3 is 0 Å². The average Bonchev–Trinajstić information content (AvgIpc) is 2.31. The molecule has 5 nitrogen and oxygen atoms in total. The highest BCUT2D eigenvalue weighted by atomic mass is 35.5. The van der Waals surface area contributed by atoms with Crippen molar-refractivity contribution in [3.8, 4) is 0 Å². The van der Waals surface area contributed by atoms with Gasteiger partial charge in [0.05, 0.1) is 5.02 Å². The van der Waals surface area contributed by atoms with E-state index in [0.717, 1.165) is 6.07 Å². The van der Waals surface area contributed by atoms with E-state index in [4.69, 9.17) is 17.3 Å². The molecule has 3 N–H and O–H groups in total. The van der Waals surface area contributed by atoms with E-state index >= 15 is 0 Å². The topological polar surface area (TPSA) is 75.4 Å². The summed E-state index contributed by atoms with van der Waals surface area (Å²) in [6.07, 6.45) is 0. The maximum atomic E-state index is 13.8. The van der Waals surface area contributed by atoms with Crippen LogP contribution in [0.5, 0.6) is 0 Å². The standard InChI is InChI=1S/C12H19ClFN3O2S/c1-12(2,17(3)4)7-16-20(18,19)10-6-8(15)5-9(13)11(10)14/h5-6,16H,7,15H2,1-4H3. The summed E-state index contributed by atoms with van der Waals surface area (Å²) < 4.78 is 40.5. The van der Waals surface area contributed by atoms with Gasteiger partial charge in [-0.25, -0.2) is 17.5 Å². The first-order valence-corrected chi connectivity index (χ1v) is 7.75. The Morgan fingerprint density at radius 1 is 1.40 bits per heavy atom. The molecule has 0 atom stereocenters. The third-order valence-electron chi connectivity index (χ3n) is 3.21. The second kappa shape index (κ2) is 5.85. The summed E-state index contributed by atoms with van der Waals surface area (Å²) in [5.74, 6) is -1.00. The van der Waals surface area contributed by atoms with Crippen LogP contribution in [0, 0.1) is 5.82 Å². The first kappa shape index (κ1) is 17.2. The van der Waals surface area contributed by atoms with E-state index in [1.165, 1.54) is 6.07 Å². The highest BCUT2D eigenvalue weighted by Crippen LogP contribution is 2.25. The molecule has 20 heavy (non-hydrogen) atoms. The van der Waals surface area contributed by atoms with Crippen LogP contribution in [0.2, 0.25) is 5.02 Å². The minimum Gasteiger partial charge on any atom is -0.399 e. The lowest BCUT2D eigenvalue weighted by Crippen LogP contribution is -2.48. The van der Waals surface area contributed by atoms with Crippen molar-refractivity contribution in [3.63, 3.8) is 0 Å². The van der Waals surface area contributed by atoms with Gasteiger partial charge in [-0.1, -0.05) is 11.6 Å². The van der Waals surface area contributed by atoms with Gasteiger partial charge in [-0.2, -0.15) is 0 Å². The van der Waals surface area contributed by atoms with Gasteiger partial charge in [0.25, 0.3) is 0 Å². The average molecular weight is 324 g/mol. The van der Waals surface area contributed by atoms with E-state index in [9.17, 15) is 12.8 Å². The molecule has 114 valence electrons. The first-order chi connectivity index (χ1) is 8.97. The molecule has 0 bridgehead atoms. The summed E-state index contributed by atoms with van der Waals surface area (Å²) in [7, 11) is -0.367. The Morgan fingerprint density at radius 2 is 1.95 bits per heavy atom. The highest BCUT2D eigenvalue weighted by molar-refractivity contribution is 7.89. The molecule has 0 amide bonds. The summed E-state index contributed by atoms with van der Waals surface area (Å²) in [4.78, 5) is 1.31. The number of nitrogen functional groups attached to an aromatic ring is 1. The third-order valence-corrected chi connectivity index (χ3v) is 4.89. The quantitative estimate of drug-likeness (QED) is 0.808. The Morgan fingerprint density at radius 3 is 2.45 bits per heavy atom. The fourth-order valence-electron chi connectivity index (χ4n) is 1.29. The van der Waals surface area contributed by atoms with Gasteiger partial charge in [0.15, 0.2) is 5.82 Å². The number of benzene rings is 1. The Bertz CT molecular complexity index is 603.